The second kappa shape index (κ2) is 11.5. The van der Waals surface area contributed by atoms with E-state index in [1.54, 1.807) is 30.3 Å². The minimum atomic E-state index is -1.02. The molecule has 9 heteroatoms. The molecule has 1 N–H and O–H groups in total. The summed E-state index contributed by atoms with van der Waals surface area (Å²) in [6, 6.07) is 15.6. The fourth-order valence-corrected chi connectivity index (χ4v) is 4.49. The van der Waals surface area contributed by atoms with Gasteiger partial charge < -0.3 is 24.6 Å². The molecule has 3 atom stereocenters. The number of rotatable bonds is 5. The maximum atomic E-state index is 13.7. The summed E-state index contributed by atoms with van der Waals surface area (Å²) < 4.78 is 10.5. The summed E-state index contributed by atoms with van der Waals surface area (Å²) >= 11 is 0. The number of nitrogens with zero attached hydrogens (tertiary/aromatic N) is 2. The molecule has 2 aromatic carbocycles. The fraction of sp³-hybridized carbons (Fsp3) is 0.333. The maximum absolute atomic E-state index is 13.7. The summed E-state index contributed by atoms with van der Waals surface area (Å²) in [5.41, 5.74) is 1.28. The molecule has 2 aliphatic heterocycles. The standard InChI is InChI=1S/C27H29N3O6/c1-35-26(33)23-17-29(27(34)36-18-19-10-4-2-5-11-19)16-21-14-8-9-15-22(25(32)30(21)23)28-24(31)20-12-6-3-7-13-20/h2-13,21-23H,14-18H2,1H3,(H,28,31)/t21-,22-,23-/m0/s1. The van der Waals surface area contributed by atoms with E-state index in [1.165, 1.54) is 16.9 Å². The molecule has 188 valence electrons. The van der Waals surface area contributed by atoms with Gasteiger partial charge in [-0.05, 0) is 30.5 Å². The summed E-state index contributed by atoms with van der Waals surface area (Å²) in [5, 5.41) is 2.80. The van der Waals surface area contributed by atoms with E-state index in [-0.39, 0.29) is 37.9 Å². The third-order valence-electron chi connectivity index (χ3n) is 6.33. The van der Waals surface area contributed by atoms with E-state index in [4.69, 9.17) is 9.47 Å². The number of nitrogens with one attached hydrogen (secondary N) is 1. The van der Waals surface area contributed by atoms with E-state index in [0.717, 1.165) is 5.56 Å². The van der Waals surface area contributed by atoms with Gasteiger partial charge in [0.2, 0.25) is 5.91 Å². The number of hydrogen-bond acceptors (Lipinski definition) is 6. The third kappa shape index (κ3) is 5.73. The van der Waals surface area contributed by atoms with Gasteiger partial charge in [0.05, 0.1) is 19.7 Å². The molecule has 9 nitrogen and oxygen atoms in total. The van der Waals surface area contributed by atoms with E-state index in [1.807, 2.05) is 42.5 Å². The lowest BCUT2D eigenvalue weighted by molar-refractivity contribution is -0.160. The Bertz CT molecular complexity index is 1120. The van der Waals surface area contributed by atoms with Crippen molar-refractivity contribution in [1.82, 2.24) is 15.1 Å². The van der Waals surface area contributed by atoms with Crippen LogP contribution in [-0.4, -0.2) is 72.0 Å². The lowest BCUT2D eigenvalue weighted by Gasteiger charge is -2.46. The number of esters is 1. The summed E-state index contributed by atoms with van der Waals surface area (Å²) in [4.78, 5) is 54.9. The Labute approximate surface area is 209 Å². The minimum Gasteiger partial charge on any atom is -0.467 e. The lowest BCUT2D eigenvalue weighted by Crippen LogP contribution is -2.67. The number of methoxy groups -OCH3 is 1. The van der Waals surface area contributed by atoms with Crippen LogP contribution in [-0.2, 0) is 25.7 Å². The average Bonchev–Trinajstić information content (AvgIpc) is 2.92. The van der Waals surface area contributed by atoms with Crippen LogP contribution in [0, 0.1) is 0 Å². The molecule has 0 aliphatic carbocycles. The number of fused-ring (bicyclic) bond motifs is 1. The fourth-order valence-electron chi connectivity index (χ4n) is 4.49. The molecule has 0 unspecified atom stereocenters. The predicted molar refractivity (Wildman–Crippen MR) is 131 cm³/mol. The highest BCUT2D eigenvalue weighted by atomic mass is 16.6. The first-order valence-corrected chi connectivity index (χ1v) is 11.8. The van der Waals surface area contributed by atoms with Gasteiger partial charge in [0.15, 0.2) is 0 Å². The van der Waals surface area contributed by atoms with Gasteiger partial charge in [0.1, 0.15) is 18.7 Å². The topological polar surface area (TPSA) is 105 Å². The molecule has 0 bridgehead atoms. The number of amides is 3. The molecule has 0 saturated carbocycles. The molecular weight excluding hydrogens is 462 g/mol. The van der Waals surface area contributed by atoms with Crippen molar-refractivity contribution in [2.24, 2.45) is 0 Å². The normalized spacial score (nSPS) is 21.6. The Balaban J connectivity index is 1.51. The van der Waals surface area contributed by atoms with E-state index >= 15 is 0 Å². The van der Waals surface area contributed by atoms with Gasteiger partial charge in [0.25, 0.3) is 5.91 Å². The second-order valence-corrected chi connectivity index (χ2v) is 8.72. The molecule has 0 aromatic heterocycles. The number of hydrogen-bond donors (Lipinski definition) is 1. The van der Waals surface area contributed by atoms with Gasteiger partial charge >= 0.3 is 12.1 Å². The number of benzene rings is 2. The van der Waals surface area contributed by atoms with Crippen LogP contribution in [0.3, 0.4) is 0 Å². The molecule has 0 radical (unpaired) electrons. The number of piperazine rings is 1. The molecule has 4 rings (SSSR count). The van der Waals surface area contributed by atoms with Crippen molar-refractivity contribution >= 4 is 23.9 Å². The minimum absolute atomic E-state index is 0.0639. The van der Waals surface area contributed by atoms with Crippen LogP contribution in [0.1, 0.15) is 28.8 Å². The Morgan fingerprint density at radius 3 is 2.31 bits per heavy atom. The number of carbonyl (C=O) groups excluding carboxylic acids is 4. The van der Waals surface area contributed by atoms with Crippen molar-refractivity contribution in [2.75, 3.05) is 20.2 Å². The smallest absolute Gasteiger partial charge is 0.410 e. The molecule has 1 saturated heterocycles. The van der Waals surface area contributed by atoms with Gasteiger partial charge in [-0.3, -0.25) is 9.59 Å². The van der Waals surface area contributed by atoms with Gasteiger partial charge in [-0.15, -0.1) is 0 Å². The van der Waals surface area contributed by atoms with E-state index in [2.05, 4.69) is 5.32 Å². The van der Waals surface area contributed by atoms with Crippen molar-refractivity contribution in [1.29, 1.82) is 0 Å². The Morgan fingerprint density at radius 1 is 0.944 bits per heavy atom. The summed E-state index contributed by atoms with van der Waals surface area (Å²) in [7, 11) is 1.24. The maximum Gasteiger partial charge on any atom is 0.410 e. The van der Waals surface area contributed by atoms with Crippen LogP contribution in [0.15, 0.2) is 72.8 Å². The van der Waals surface area contributed by atoms with Crippen molar-refractivity contribution in [3.05, 3.63) is 83.9 Å². The predicted octanol–water partition coefficient (Wildman–Crippen LogP) is 2.53. The highest BCUT2D eigenvalue weighted by molar-refractivity contribution is 5.98. The molecule has 3 amide bonds. The molecule has 2 aromatic rings. The SMILES string of the molecule is COC(=O)[C@@H]1CN(C(=O)OCc2ccccc2)C[C@@H]2CC=CC[C@H](NC(=O)c3ccccc3)C(=O)N21. The van der Waals surface area contributed by atoms with Crippen LogP contribution in [0.5, 0.6) is 0 Å². The highest BCUT2D eigenvalue weighted by Gasteiger charge is 2.45. The largest absolute Gasteiger partial charge is 0.467 e. The Kier molecular flexibility index (Phi) is 7.99. The van der Waals surface area contributed by atoms with E-state index < -0.39 is 30.2 Å². The highest BCUT2D eigenvalue weighted by Crippen LogP contribution is 2.25. The zero-order chi connectivity index (χ0) is 25.5. The van der Waals surface area contributed by atoms with Crippen molar-refractivity contribution in [3.63, 3.8) is 0 Å². The number of ether oxygens (including phenoxy) is 2. The van der Waals surface area contributed by atoms with Crippen LogP contribution < -0.4 is 5.32 Å². The molecule has 2 aliphatic rings. The molecular formula is C27H29N3O6. The first kappa shape index (κ1) is 25.0. The van der Waals surface area contributed by atoms with Gasteiger partial charge in [-0.2, -0.15) is 0 Å². The molecule has 2 heterocycles. The lowest BCUT2D eigenvalue weighted by atomic mass is 9.97. The van der Waals surface area contributed by atoms with E-state index in [9.17, 15) is 19.2 Å². The summed E-state index contributed by atoms with van der Waals surface area (Å²) in [6.07, 6.45) is 3.90. The Morgan fingerprint density at radius 2 is 1.61 bits per heavy atom. The van der Waals surface area contributed by atoms with E-state index in [0.29, 0.717) is 12.0 Å². The Hall–Kier alpha value is -4.14. The van der Waals surface area contributed by atoms with Gasteiger partial charge in [-0.1, -0.05) is 60.7 Å². The zero-order valence-corrected chi connectivity index (χ0v) is 20.0. The van der Waals surface area contributed by atoms with Crippen molar-refractivity contribution in [2.45, 2.75) is 37.6 Å². The van der Waals surface area contributed by atoms with Crippen molar-refractivity contribution in [3.8, 4) is 0 Å². The monoisotopic (exact) mass is 491 g/mol. The average molecular weight is 492 g/mol. The molecule has 1 fully saturated rings. The van der Waals surface area contributed by atoms with Crippen LogP contribution in [0.2, 0.25) is 0 Å². The molecule has 36 heavy (non-hydrogen) atoms. The second-order valence-electron chi connectivity index (χ2n) is 8.72. The van der Waals surface area contributed by atoms with Crippen LogP contribution in [0.25, 0.3) is 0 Å². The summed E-state index contributed by atoms with van der Waals surface area (Å²) in [6.45, 7) is 0.224. The van der Waals surface area contributed by atoms with Gasteiger partial charge in [-0.25, -0.2) is 9.59 Å². The summed E-state index contributed by atoms with van der Waals surface area (Å²) in [5.74, 6) is -1.40. The van der Waals surface area contributed by atoms with Crippen LogP contribution >= 0.6 is 0 Å². The number of carbonyl (C=O) groups is 4. The van der Waals surface area contributed by atoms with Gasteiger partial charge in [0, 0.05) is 12.1 Å². The zero-order valence-electron chi connectivity index (χ0n) is 20.0. The first-order chi connectivity index (χ1) is 17.5. The van der Waals surface area contributed by atoms with Crippen LogP contribution in [0.4, 0.5) is 4.79 Å². The first-order valence-electron chi connectivity index (χ1n) is 11.8. The van der Waals surface area contributed by atoms with Crippen molar-refractivity contribution < 1.29 is 28.7 Å². The third-order valence-corrected chi connectivity index (χ3v) is 6.33. The molecule has 0 spiro atoms. The quantitative estimate of drug-likeness (QED) is 0.509.